The fraction of sp³-hybridized carbons (Fsp3) is 0.192. The Kier molecular flexibility index (Phi) is 6.00. The number of benzene rings is 2. The maximum Gasteiger partial charge on any atom is 0.335 e. The summed E-state index contributed by atoms with van der Waals surface area (Å²) in [6, 6.07) is 12.8. The number of hydrogen-bond acceptors (Lipinski definition) is 3. The van der Waals surface area contributed by atoms with E-state index in [0.717, 1.165) is 38.7 Å². The van der Waals surface area contributed by atoms with Crippen molar-refractivity contribution in [2.24, 2.45) is 0 Å². The highest BCUT2D eigenvalue weighted by Crippen LogP contribution is 2.29. The number of halogens is 1. The van der Waals surface area contributed by atoms with Gasteiger partial charge in [-0.3, -0.25) is 14.9 Å². The highest BCUT2D eigenvalue weighted by molar-refractivity contribution is 14.1. The molecule has 0 aliphatic carbocycles. The first kappa shape index (κ1) is 23.0. The molecule has 1 saturated heterocycles. The lowest BCUT2D eigenvalue weighted by molar-refractivity contribution is -0.122. The Morgan fingerprint density at radius 3 is 2.33 bits per heavy atom. The summed E-state index contributed by atoms with van der Waals surface area (Å²) in [5, 5.41) is 2.31. The SMILES string of the molecule is Cc1cc(-n2c(C)cc(/C=C3\C(=O)NC(=O)N(c4cccc(C)c4C)C3=O)c2C)ccc1I. The van der Waals surface area contributed by atoms with Gasteiger partial charge >= 0.3 is 6.03 Å². The molecule has 2 aromatic carbocycles. The second-order valence-electron chi connectivity index (χ2n) is 8.27. The summed E-state index contributed by atoms with van der Waals surface area (Å²) in [5.41, 5.74) is 6.96. The van der Waals surface area contributed by atoms with Crippen molar-refractivity contribution in [2.45, 2.75) is 34.6 Å². The molecule has 1 N–H and O–H groups in total. The summed E-state index contributed by atoms with van der Waals surface area (Å²) in [5.74, 6) is -1.33. The zero-order valence-electron chi connectivity index (χ0n) is 19.1. The molecular weight excluding hydrogens is 529 g/mol. The summed E-state index contributed by atoms with van der Waals surface area (Å²) in [6.07, 6.45) is 1.57. The van der Waals surface area contributed by atoms with E-state index in [0.29, 0.717) is 5.69 Å². The molecule has 0 unspecified atom stereocenters. The molecule has 1 aliphatic heterocycles. The predicted octanol–water partition coefficient (Wildman–Crippen LogP) is 5.29. The normalized spacial score (nSPS) is 15.4. The first-order chi connectivity index (χ1) is 15.6. The first-order valence-corrected chi connectivity index (χ1v) is 11.6. The van der Waals surface area contributed by atoms with Gasteiger partial charge in [0.2, 0.25) is 0 Å². The maximum atomic E-state index is 13.3. The summed E-state index contributed by atoms with van der Waals surface area (Å²) in [4.78, 5) is 39.6. The Hall–Kier alpha value is -3.20. The van der Waals surface area contributed by atoms with Crippen molar-refractivity contribution in [3.63, 3.8) is 0 Å². The topological polar surface area (TPSA) is 71.4 Å². The van der Waals surface area contributed by atoms with Crippen LogP contribution in [0.2, 0.25) is 0 Å². The van der Waals surface area contributed by atoms with E-state index in [4.69, 9.17) is 0 Å². The van der Waals surface area contributed by atoms with Gasteiger partial charge < -0.3 is 4.57 Å². The highest BCUT2D eigenvalue weighted by atomic mass is 127. The molecule has 2 heterocycles. The molecule has 1 aliphatic rings. The van der Waals surface area contributed by atoms with E-state index in [1.165, 1.54) is 9.13 Å². The summed E-state index contributed by atoms with van der Waals surface area (Å²) >= 11 is 2.30. The first-order valence-electron chi connectivity index (χ1n) is 10.5. The third-order valence-corrected chi connectivity index (χ3v) is 7.30. The van der Waals surface area contributed by atoms with E-state index in [-0.39, 0.29) is 5.57 Å². The van der Waals surface area contributed by atoms with Gasteiger partial charge in [0.25, 0.3) is 11.8 Å². The average molecular weight is 553 g/mol. The Bertz CT molecular complexity index is 1370. The number of anilines is 1. The van der Waals surface area contributed by atoms with Gasteiger partial charge in [-0.25, -0.2) is 9.69 Å². The molecule has 0 spiro atoms. The van der Waals surface area contributed by atoms with Crippen LogP contribution >= 0.6 is 22.6 Å². The number of urea groups is 1. The number of aryl methyl sites for hydroxylation is 3. The van der Waals surface area contributed by atoms with Crippen LogP contribution in [0.25, 0.3) is 11.8 Å². The molecule has 0 saturated carbocycles. The number of nitrogens with zero attached hydrogens (tertiary/aromatic N) is 2. The van der Waals surface area contributed by atoms with Gasteiger partial charge in [-0.15, -0.1) is 0 Å². The highest BCUT2D eigenvalue weighted by Gasteiger charge is 2.37. The van der Waals surface area contributed by atoms with Gasteiger partial charge in [-0.2, -0.15) is 0 Å². The molecule has 3 aromatic rings. The third-order valence-electron chi connectivity index (χ3n) is 6.09. The van der Waals surface area contributed by atoms with Gasteiger partial charge in [-0.1, -0.05) is 12.1 Å². The van der Waals surface area contributed by atoms with E-state index >= 15 is 0 Å². The Morgan fingerprint density at radius 1 is 0.909 bits per heavy atom. The molecule has 7 heteroatoms. The molecular formula is C26H24IN3O3. The number of amides is 4. The minimum atomic E-state index is -0.740. The van der Waals surface area contributed by atoms with Crippen LogP contribution in [0, 0.1) is 38.2 Å². The van der Waals surface area contributed by atoms with Crippen LogP contribution in [0.3, 0.4) is 0 Å². The van der Waals surface area contributed by atoms with Crippen molar-refractivity contribution < 1.29 is 14.4 Å². The number of rotatable bonds is 3. The van der Waals surface area contributed by atoms with Gasteiger partial charge in [0.1, 0.15) is 5.57 Å². The predicted molar refractivity (Wildman–Crippen MR) is 138 cm³/mol. The monoisotopic (exact) mass is 553 g/mol. The van der Waals surface area contributed by atoms with Crippen molar-refractivity contribution in [1.82, 2.24) is 9.88 Å². The van der Waals surface area contributed by atoms with Crippen LogP contribution in [-0.4, -0.2) is 22.4 Å². The number of aromatic nitrogens is 1. The van der Waals surface area contributed by atoms with Crippen LogP contribution < -0.4 is 10.2 Å². The minimum Gasteiger partial charge on any atom is -0.318 e. The van der Waals surface area contributed by atoms with Crippen LogP contribution in [0.15, 0.2) is 48.0 Å². The third kappa shape index (κ3) is 4.01. The molecule has 4 rings (SSSR count). The lowest BCUT2D eigenvalue weighted by Gasteiger charge is -2.28. The van der Waals surface area contributed by atoms with Crippen molar-refractivity contribution in [1.29, 1.82) is 0 Å². The summed E-state index contributed by atoms with van der Waals surface area (Å²) < 4.78 is 3.27. The molecule has 33 heavy (non-hydrogen) atoms. The molecule has 0 atom stereocenters. The van der Waals surface area contributed by atoms with E-state index < -0.39 is 17.8 Å². The second kappa shape index (κ2) is 8.62. The van der Waals surface area contributed by atoms with E-state index in [1.54, 1.807) is 18.2 Å². The number of imide groups is 2. The quantitative estimate of drug-likeness (QED) is 0.272. The summed E-state index contributed by atoms with van der Waals surface area (Å²) in [6.45, 7) is 9.75. The number of carbonyl (C=O) groups excluding carboxylic acids is 3. The van der Waals surface area contributed by atoms with Crippen LogP contribution in [-0.2, 0) is 9.59 Å². The van der Waals surface area contributed by atoms with Gasteiger partial charge in [0.05, 0.1) is 5.69 Å². The van der Waals surface area contributed by atoms with E-state index in [2.05, 4.69) is 51.5 Å². The second-order valence-corrected chi connectivity index (χ2v) is 9.43. The number of nitrogens with one attached hydrogen (secondary N) is 1. The van der Waals surface area contributed by atoms with Crippen LogP contribution in [0.4, 0.5) is 10.5 Å². The number of hydrogen-bond donors (Lipinski definition) is 1. The lowest BCUT2D eigenvalue weighted by atomic mass is 10.0. The van der Waals surface area contributed by atoms with E-state index in [9.17, 15) is 14.4 Å². The maximum absolute atomic E-state index is 13.3. The van der Waals surface area contributed by atoms with Gasteiger partial charge in [0.15, 0.2) is 0 Å². The number of barbiturate groups is 1. The number of carbonyl (C=O) groups is 3. The fourth-order valence-corrected chi connectivity index (χ4v) is 4.44. The van der Waals surface area contributed by atoms with Crippen LogP contribution in [0.1, 0.15) is 33.6 Å². The largest absolute Gasteiger partial charge is 0.335 e. The zero-order chi connectivity index (χ0) is 24.0. The average Bonchev–Trinajstić information content (AvgIpc) is 3.03. The molecule has 168 valence electrons. The molecule has 1 fully saturated rings. The molecule has 0 bridgehead atoms. The van der Waals surface area contributed by atoms with Gasteiger partial charge in [-0.05, 0) is 116 Å². The van der Waals surface area contributed by atoms with Gasteiger partial charge in [0, 0.05) is 20.6 Å². The van der Waals surface area contributed by atoms with Crippen molar-refractivity contribution >= 4 is 52.2 Å². The Balaban J connectivity index is 1.79. The van der Waals surface area contributed by atoms with E-state index in [1.807, 2.05) is 45.9 Å². The smallest absolute Gasteiger partial charge is 0.318 e. The summed E-state index contributed by atoms with van der Waals surface area (Å²) in [7, 11) is 0. The van der Waals surface area contributed by atoms with Crippen molar-refractivity contribution in [3.8, 4) is 5.69 Å². The zero-order valence-corrected chi connectivity index (χ0v) is 21.3. The molecule has 4 amide bonds. The van der Waals surface area contributed by atoms with Crippen LogP contribution in [0.5, 0.6) is 0 Å². The minimum absolute atomic E-state index is 0.0745. The fourth-order valence-electron chi connectivity index (χ4n) is 4.11. The lowest BCUT2D eigenvalue weighted by Crippen LogP contribution is -2.54. The Labute approximate surface area is 206 Å². The molecule has 0 radical (unpaired) electrons. The standard InChI is InChI=1S/C26H24IN3O3/c1-14-7-6-8-23(17(14)4)30-25(32)21(24(31)28-26(30)33)13-19-12-16(3)29(18(19)5)20-9-10-22(27)15(2)11-20/h6-13H,1-5H3,(H,28,31,33)/b21-13+. The Morgan fingerprint density at radius 2 is 1.64 bits per heavy atom. The van der Waals surface area contributed by atoms with Crippen molar-refractivity contribution in [2.75, 3.05) is 4.90 Å². The molecule has 1 aromatic heterocycles. The van der Waals surface area contributed by atoms with Crippen molar-refractivity contribution in [3.05, 3.63) is 85.2 Å². The molecule has 6 nitrogen and oxygen atoms in total.